The molecule has 1 amide bonds. The minimum Gasteiger partial charge on any atom is -0.468 e. The van der Waals surface area contributed by atoms with E-state index in [9.17, 15) is 9.59 Å². The van der Waals surface area contributed by atoms with Gasteiger partial charge in [0.05, 0.1) is 12.8 Å². The highest BCUT2D eigenvalue weighted by Gasteiger charge is 2.36. The van der Waals surface area contributed by atoms with Crippen molar-refractivity contribution in [2.45, 2.75) is 38.3 Å². The fourth-order valence-corrected chi connectivity index (χ4v) is 3.30. The van der Waals surface area contributed by atoms with Gasteiger partial charge in [-0.25, -0.2) is 4.98 Å². The fraction of sp³-hybridized carbons (Fsp3) is 0.643. The molecular weight excluding hydrogens is 290 g/mol. The predicted octanol–water partition coefficient (Wildman–Crippen LogP) is 1.24. The third kappa shape index (κ3) is 3.59. The van der Waals surface area contributed by atoms with Crippen LogP contribution in [0.15, 0.2) is 5.38 Å². The van der Waals surface area contributed by atoms with Gasteiger partial charge in [0.15, 0.2) is 5.01 Å². The Morgan fingerprint density at radius 1 is 1.52 bits per heavy atom. The molecule has 2 heterocycles. The monoisotopic (exact) mass is 311 g/mol. The van der Waals surface area contributed by atoms with Crippen LogP contribution in [0.4, 0.5) is 0 Å². The van der Waals surface area contributed by atoms with Gasteiger partial charge in [-0.2, -0.15) is 0 Å². The Labute approximate surface area is 128 Å². The molecule has 1 aromatic rings. The van der Waals surface area contributed by atoms with E-state index in [0.29, 0.717) is 23.9 Å². The van der Waals surface area contributed by atoms with E-state index in [1.807, 2.05) is 31.2 Å². The predicted molar refractivity (Wildman–Crippen MR) is 80.5 cm³/mol. The molecule has 0 unspecified atom stereocenters. The van der Waals surface area contributed by atoms with Gasteiger partial charge >= 0.3 is 5.97 Å². The second kappa shape index (κ2) is 6.53. The minimum atomic E-state index is -0.289. The highest BCUT2D eigenvalue weighted by Crippen LogP contribution is 2.20. The SMILES string of the molecule is COC(=O)[C@@H]1C[C@H](NC(=O)c2nc(C(C)C)cs2)CN1C. The zero-order valence-electron chi connectivity index (χ0n) is 12.8. The van der Waals surface area contributed by atoms with Crippen LogP contribution in [0.25, 0.3) is 0 Å². The molecular formula is C14H21N3O3S. The van der Waals surface area contributed by atoms with E-state index < -0.39 is 0 Å². The number of rotatable bonds is 4. The summed E-state index contributed by atoms with van der Waals surface area (Å²) in [5, 5.41) is 5.34. The standard InChI is InChI=1S/C14H21N3O3S/c1-8(2)10-7-21-13(16-10)12(18)15-9-5-11(14(19)20-4)17(3)6-9/h7-9,11H,5-6H2,1-4H3,(H,15,18)/t9-,11-/m0/s1. The van der Waals surface area contributed by atoms with Crippen LogP contribution in [0.3, 0.4) is 0 Å². The highest BCUT2D eigenvalue weighted by atomic mass is 32.1. The summed E-state index contributed by atoms with van der Waals surface area (Å²) >= 11 is 1.35. The number of thiazole rings is 1. The zero-order chi connectivity index (χ0) is 15.6. The Morgan fingerprint density at radius 3 is 2.81 bits per heavy atom. The van der Waals surface area contributed by atoms with Crippen LogP contribution < -0.4 is 5.32 Å². The van der Waals surface area contributed by atoms with Crippen LogP contribution in [0.5, 0.6) is 0 Å². The summed E-state index contributed by atoms with van der Waals surface area (Å²) in [7, 11) is 3.24. The minimum absolute atomic E-state index is 0.0574. The first-order chi connectivity index (χ1) is 9.92. The van der Waals surface area contributed by atoms with E-state index in [1.165, 1.54) is 18.4 Å². The van der Waals surface area contributed by atoms with Gasteiger partial charge in [-0.1, -0.05) is 13.8 Å². The van der Waals surface area contributed by atoms with Crippen molar-refractivity contribution in [1.82, 2.24) is 15.2 Å². The highest BCUT2D eigenvalue weighted by molar-refractivity contribution is 7.11. The normalized spacial score (nSPS) is 22.5. The summed E-state index contributed by atoms with van der Waals surface area (Å²) in [5.41, 5.74) is 0.932. The topological polar surface area (TPSA) is 71.5 Å². The van der Waals surface area contributed by atoms with Crippen LogP contribution in [-0.2, 0) is 9.53 Å². The summed E-state index contributed by atoms with van der Waals surface area (Å²) in [5.74, 6) is -0.120. The Balaban J connectivity index is 1.95. The Morgan fingerprint density at radius 2 is 2.24 bits per heavy atom. The molecule has 1 aromatic heterocycles. The first-order valence-corrected chi connectivity index (χ1v) is 7.84. The van der Waals surface area contributed by atoms with Gasteiger partial charge in [-0.15, -0.1) is 11.3 Å². The number of esters is 1. The summed E-state index contributed by atoms with van der Waals surface area (Å²) in [6.45, 7) is 4.72. The third-order valence-electron chi connectivity index (χ3n) is 3.66. The number of carbonyl (C=O) groups excluding carboxylic acids is 2. The summed E-state index contributed by atoms with van der Waals surface area (Å²) in [4.78, 5) is 30.1. The lowest BCUT2D eigenvalue weighted by molar-refractivity contribution is -0.145. The second-order valence-electron chi connectivity index (χ2n) is 5.62. The number of methoxy groups -OCH3 is 1. The molecule has 116 valence electrons. The van der Waals surface area contributed by atoms with Crippen LogP contribution in [0.2, 0.25) is 0 Å². The molecule has 1 aliphatic heterocycles. The average molecular weight is 311 g/mol. The Kier molecular flexibility index (Phi) is 4.95. The van der Waals surface area contributed by atoms with Crippen molar-refractivity contribution in [3.05, 3.63) is 16.1 Å². The quantitative estimate of drug-likeness (QED) is 0.847. The molecule has 7 heteroatoms. The smallest absolute Gasteiger partial charge is 0.323 e. The number of likely N-dealkylation sites (N-methyl/N-ethyl adjacent to an activating group) is 1. The van der Waals surface area contributed by atoms with Gasteiger partial charge in [-0.3, -0.25) is 14.5 Å². The molecule has 21 heavy (non-hydrogen) atoms. The summed E-state index contributed by atoms with van der Waals surface area (Å²) < 4.78 is 4.77. The molecule has 0 saturated carbocycles. The Hall–Kier alpha value is -1.47. The van der Waals surface area contributed by atoms with Crippen LogP contribution in [0.1, 0.15) is 41.7 Å². The summed E-state index contributed by atoms with van der Waals surface area (Å²) in [6, 6.07) is -0.346. The number of hydrogen-bond acceptors (Lipinski definition) is 6. The average Bonchev–Trinajstić information content (AvgIpc) is 3.05. The number of likely N-dealkylation sites (tertiary alicyclic amines) is 1. The first-order valence-electron chi connectivity index (χ1n) is 6.96. The van der Waals surface area contributed by atoms with Crippen molar-refractivity contribution in [3.8, 4) is 0 Å². The Bertz CT molecular complexity index is 529. The van der Waals surface area contributed by atoms with Crippen molar-refractivity contribution in [3.63, 3.8) is 0 Å². The maximum atomic E-state index is 12.2. The van der Waals surface area contributed by atoms with Gasteiger partial charge in [-0.05, 0) is 19.4 Å². The molecule has 6 nitrogen and oxygen atoms in total. The molecule has 2 rings (SSSR count). The maximum Gasteiger partial charge on any atom is 0.323 e. The van der Waals surface area contributed by atoms with Gasteiger partial charge in [0, 0.05) is 18.0 Å². The van der Waals surface area contributed by atoms with Crippen molar-refractivity contribution < 1.29 is 14.3 Å². The lowest BCUT2D eigenvalue weighted by Crippen LogP contribution is -2.36. The lowest BCUT2D eigenvalue weighted by atomic mass is 10.1. The number of nitrogens with one attached hydrogen (secondary N) is 1. The van der Waals surface area contributed by atoms with Gasteiger partial charge in [0.2, 0.25) is 0 Å². The number of aromatic nitrogens is 1. The molecule has 2 atom stereocenters. The van der Waals surface area contributed by atoms with E-state index in [1.54, 1.807) is 0 Å². The molecule has 0 spiro atoms. The van der Waals surface area contributed by atoms with Crippen LogP contribution >= 0.6 is 11.3 Å². The van der Waals surface area contributed by atoms with E-state index in [2.05, 4.69) is 10.3 Å². The molecule has 0 aliphatic carbocycles. The van der Waals surface area contributed by atoms with Crippen molar-refractivity contribution in [2.24, 2.45) is 0 Å². The zero-order valence-corrected chi connectivity index (χ0v) is 13.6. The molecule has 0 aromatic carbocycles. The molecule has 0 radical (unpaired) electrons. The van der Waals surface area contributed by atoms with Gasteiger partial charge in [0.25, 0.3) is 5.91 Å². The molecule has 0 bridgehead atoms. The first kappa shape index (κ1) is 15.9. The van der Waals surface area contributed by atoms with E-state index in [-0.39, 0.29) is 24.0 Å². The van der Waals surface area contributed by atoms with E-state index in [0.717, 1.165) is 5.69 Å². The van der Waals surface area contributed by atoms with Crippen molar-refractivity contribution >= 4 is 23.2 Å². The molecule has 1 N–H and O–H groups in total. The number of hydrogen-bond donors (Lipinski definition) is 1. The largest absolute Gasteiger partial charge is 0.468 e. The van der Waals surface area contributed by atoms with Gasteiger partial charge in [0.1, 0.15) is 6.04 Å². The van der Waals surface area contributed by atoms with E-state index >= 15 is 0 Å². The van der Waals surface area contributed by atoms with Crippen LogP contribution in [0, 0.1) is 0 Å². The second-order valence-corrected chi connectivity index (χ2v) is 6.47. The number of nitrogens with zero attached hydrogens (tertiary/aromatic N) is 2. The maximum absolute atomic E-state index is 12.2. The van der Waals surface area contributed by atoms with E-state index in [4.69, 9.17) is 4.74 Å². The number of amides is 1. The van der Waals surface area contributed by atoms with Crippen molar-refractivity contribution in [1.29, 1.82) is 0 Å². The molecule has 1 fully saturated rings. The summed E-state index contributed by atoms with van der Waals surface area (Å²) in [6.07, 6.45) is 0.567. The number of ether oxygens (including phenoxy) is 1. The lowest BCUT2D eigenvalue weighted by Gasteiger charge is -2.15. The fourth-order valence-electron chi connectivity index (χ4n) is 2.42. The van der Waals surface area contributed by atoms with Crippen LogP contribution in [-0.4, -0.2) is 54.5 Å². The molecule has 1 saturated heterocycles. The van der Waals surface area contributed by atoms with Crippen molar-refractivity contribution in [2.75, 3.05) is 20.7 Å². The third-order valence-corrected chi connectivity index (χ3v) is 4.52. The van der Waals surface area contributed by atoms with Gasteiger partial charge < -0.3 is 10.1 Å². The molecule has 1 aliphatic rings. The number of carbonyl (C=O) groups is 2.